The van der Waals surface area contributed by atoms with Gasteiger partial charge in [-0.3, -0.25) is 0 Å². The Kier molecular flexibility index (Phi) is 3.76. The van der Waals surface area contributed by atoms with Crippen molar-refractivity contribution in [2.45, 2.75) is 83.8 Å². The first kappa shape index (κ1) is 17.3. The van der Waals surface area contributed by atoms with Crippen molar-refractivity contribution in [3.8, 4) is 0 Å². The summed E-state index contributed by atoms with van der Waals surface area (Å²) >= 11 is 0. The van der Waals surface area contributed by atoms with Gasteiger partial charge in [0.25, 0.3) is 0 Å². The molecule has 2 heteroatoms. The standard InChI is InChI=1S/C21H28N2.C2H6/c1-5-13-11(2)8-12(3)14-9-17-20(4,22)7-6-15-19-16(23-19)10-21(15,17)18(13)14;1-2/h6-8,15-17,19,23H,5,9-10,22H2,1-4H3;1-2H3. The van der Waals surface area contributed by atoms with E-state index in [1.54, 1.807) is 16.7 Å². The summed E-state index contributed by atoms with van der Waals surface area (Å²) in [6.45, 7) is 13.2. The Morgan fingerprint density at radius 2 is 1.96 bits per heavy atom. The van der Waals surface area contributed by atoms with Crippen molar-refractivity contribution in [3.05, 3.63) is 46.0 Å². The maximum absolute atomic E-state index is 6.83. The first-order valence-electron chi connectivity index (χ1n) is 10.3. The second-order valence-corrected chi connectivity index (χ2v) is 8.75. The highest BCUT2D eigenvalue weighted by Crippen LogP contribution is 2.65. The fourth-order valence-electron chi connectivity index (χ4n) is 6.61. The van der Waals surface area contributed by atoms with Crippen molar-refractivity contribution in [2.24, 2.45) is 17.6 Å². The van der Waals surface area contributed by atoms with Gasteiger partial charge in [-0.1, -0.05) is 39.0 Å². The van der Waals surface area contributed by atoms with Crippen LogP contribution >= 0.6 is 0 Å². The largest absolute Gasteiger partial charge is 0.322 e. The summed E-state index contributed by atoms with van der Waals surface area (Å²) in [5.74, 6) is 1.20. The second kappa shape index (κ2) is 5.44. The predicted octanol–water partition coefficient (Wildman–Crippen LogP) is 3.95. The highest BCUT2D eigenvalue weighted by atomic mass is 15.2. The summed E-state index contributed by atoms with van der Waals surface area (Å²) in [7, 11) is 0. The molecule has 4 aliphatic rings. The molecule has 6 atom stereocenters. The van der Waals surface area contributed by atoms with Crippen LogP contribution in [-0.2, 0) is 18.3 Å². The lowest BCUT2D eigenvalue weighted by Crippen LogP contribution is -2.56. The monoisotopic (exact) mass is 338 g/mol. The fraction of sp³-hybridized carbons (Fsp3) is 0.652. The summed E-state index contributed by atoms with van der Waals surface area (Å²) in [6, 6.07) is 3.83. The summed E-state index contributed by atoms with van der Waals surface area (Å²) in [5, 5.41) is 3.71. The minimum Gasteiger partial charge on any atom is -0.322 e. The molecule has 1 aromatic rings. The Balaban J connectivity index is 0.000000758. The molecule has 0 radical (unpaired) electrons. The minimum atomic E-state index is -0.183. The molecule has 1 saturated carbocycles. The normalized spacial score (nSPS) is 42.0. The van der Waals surface area contributed by atoms with E-state index in [9.17, 15) is 0 Å². The molecule has 1 saturated heterocycles. The highest BCUT2D eigenvalue weighted by molar-refractivity contribution is 5.58. The first-order valence-corrected chi connectivity index (χ1v) is 10.3. The van der Waals surface area contributed by atoms with Gasteiger partial charge in [0.1, 0.15) is 0 Å². The van der Waals surface area contributed by atoms with Crippen LogP contribution in [0.5, 0.6) is 0 Å². The van der Waals surface area contributed by atoms with E-state index in [-0.39, 0.29) is 11.0 Å². The molecule has 0 amide bonds. The van der Waals surface area contributed by atoms with E-state index >= 15 is 0 Å². The zero-order valence-electron chi connectivity index (χ0n) is 16.7. The zero-order valence-corrected chi connectivity index (χ0v) is 16.7. The molecule has 1 spiro atoms. The topological polar surface area (TPSA) is 48.0 Å². The van der Waals surface area contributed by atoms with E-state index in [4.69, 9.17) is 5.73 Å². The molecule has 2 nitrogen and oxygen atoms in total. The maximum Gasteiger partial charge on any atom is 0.0351 e. The summed E-state index contributed by atoms with van der Waals surface area (Å²) in [6.07, 6.45) is 8.38. The van der Waals surface area contributed by atoms with E-state index in [0.717, 1.165) is 12.5 Å². The van der Waals surface area contributed by atoms with Crippen molar-refractivity contribution in [1.82, 2.24) is 5.32 Å². The van der Waals surface area contributed by atoms with Crippen molar-refractivity contribution in [1.29, 1.82) is 0 Å². The first-order chi connectivity index (χ1) is 11.9. The van der Waals surface area contributed by atoms with Crippen LogP contribution in [0.25, 0.3) is 0 Å². The molecule has 1 aliphatic heterocycles. The van der Waals surface area contributed by atoms with Crippen molar-refractivity contribution < 1.29 is 0 Å². The van der Waals surface area contributed by atoms with Gasteiger partial charge in [-0.05, 0) is 73.8 Å². The summed E-state index contributed by atoms with van der Waals surface area (Å²) in [5.41, 5.74) is 14.9. The van der Waals surface area contributed by atoms with E-state index in [1.807, 2.05) is 13.8 Å². The van der Waals surface area contributed by atoms with Crippen LogP contribution in [0, 0.1) is 25.7 Å². The molecule has 2 fully saturated rings. The number of nitrogens with two attached hydrogens (primary N) is 1. The third-order valence-corrected chi connectivity index (χ3v) is 7.52. The number of rotatable bonds is 1. The number of aryl methyl sites for hydroxylation is 2. The van der Waals surface area contributed by atoms with Gasteiger partial charge in [-0.25, -0.2) is 0 Å². The van der Waals surface area contributed by atoms with Gasteiger partial charge in [0, 0.05) is 29.0 Å². The lowest BCUT2D eigenvalue weighted by molar-refractivity contribution is 0.154. The Labute approximate surface area is 153 Å². The Morgan fingerprint density at radius 1 is 1.24 bits per heavy atom. The van der Waals surface area contributed by atoms with Gasteiger partial charge in [0.15, 0.2) is 0 Å². The predicted molar refractivity (Wildman–Crippen MR) is 106 cm³/mol. The zero-order chi connectivity index (χ0) is 18.1. The quantitative estimate of drug-likeness (QED) is 0.602. The van der Waals surface area contributed by atoms with Gasteiger partial charge in [-0.2, -0.15) is 0 Å². The lowest BCUT2D eigenvalue weighted by atomic mass is 9.57. The van der Waals surface area contributed by atoms with Crippen LogP contribution in [0.1, 0.15) is 61.9 Å². The molecule has 1 aromatic carbocycles. The molecule has 6 unspecified atom stereocenters. The van der Waals surface area contributed by atoms with Crippen LogP contribution in [0.2, 0.25) is 0 Å². The number of piperidine rings is 1. The van der Waals surface area contributed by atoms with Crippen LogP contribution in [-0.4, -0.2) is 17.6 Å². The van der Waals surface area contributed by atoms with Gasteiger partial charge in [0.2, 0.25) is 0 Å². The number of hydrogen-bond donors (Lipinski definition) is 2. The molecular formula is C23H34N2. The van der Waals surface area contributed by atoms with Crippen molar-refractivity contribution in [2.75, 3.05) is 0 Å². The smallest absolute Gasteiger partial charge is 0.0351 e. The van der Waals surface area contributed by atoms with Crippen LogP contribution in [0.3, 0.4) is 0 Å². The number of benzene rings is 1. The molecule has 0 bridgehead atoms. The molecule has 1 heterocycles. The molecular weight excluding hydrogens is 304 g/mol. The van der Waals surface area contributed by atoms with Crippen molar-refractivity contribution in [3.63, 3.8) is 0 Å². The van der Waals surface area contributed by atoms with E-state index in [0.29, 0.717) is 17.9 Å². The van der Waals surface area contributed by atoms with Crippen LogP contribution < -0.4 is 11.1 Å². The number of nitrogens with one attached hydrogen (secondary N) is 1. The van der Waals surface area contributed by atoms with Gasteiger partial charge >= 0.3 is 0 Å². The summed E-state index contributed by atoms with van der Waals surface area (Å²) in [4.78, 5) is 0. The minimum absolute atomic E-state index is 0.183. The number of hydrogen-bond acceptors (Lipinski definition) is 2. The van der Waals surface area contributed by atoms with E-state index in [1.165, 1.54) is 24.0 Å². The Hall–Kier alpha value is -1.12. The molecule has 3 aliphatic carbocycles. The van der Waals surface area contributed by atoms with Crippen LogP contribution in [0.15, 0.2) is 18.2 Å². The second-order valence-electron chi connectivity index (χ2n) is 8.75. The Bertz CT molecular complexity index is 745. The number of fused-ring (bicyclic) bond motifs is 3. The molecule has 25 heavy (non-hydrogen) atoms. The average molecular weight is 339 g/mol. The maximum atomic E-state index is 6.83. The SMILES string of the molecule is CC.CCc1c(C)cc(C)c2c1C13CC4NC4C1C=CC(C)(N)C3C2. The molecule has 3 N–H and O–H groups in total. The third kappa shape index (κ3) is 2.04. The van der Waals surface area contributed by atoms with Gasteiger partial charge in [-0.15, -0.1) is 0 Å². The van der Waals surface area contributed by atoms with Gasteiger partial charge < -0.3 is 11.1 Å². The fourth-order valence-corrected chi connectivity index (χ4v) is 6.61. The highest BCUT2D eigenvalue weighted by Gasteiger charge is 2.69. The van der Waals surface area contributed by atoms with Gasteiger partial charge in [0.05, 0.1) is 0 Å². The Morgan fingerprint density at radius 3 is 2.64 bits per heavy atom. The summed E-state index contributed by atoms with van der Waals surface area (Å²) < 4.78 is 0. The lowest BCUT2D eigenvalue weighted by Gasteiger charge is -2.49. The van der Waals surface area contributed by atoms with E-state index < -0.39 is 0 Å². The third-order valence-electron chi connectivity index (χ3n) is 7.52. The van der Waals surface area contributed by atoms with E-state index in [2.05, 4.69) is 51.2 Å². The molecule has 5 rings (SSSR count). The molecule has 136 valence electrons. The van der Waals surface area contributed by atoms with Crippen molar-refractivity contribution >= 4 is 0 Å². The average Bonchev–Trinajstić information content (AvgIpc) is 3.12. The van der Waals surface area contributed by atoms with Crippen LogP contribution in [0.4, 0.5) is 0 Å². The molecule has 0 aromatic heterocycles.